The van der Waals surface area contributed by atoms with Crippen molar-refractivity contribution in [3.63, 3.8) is 0 Å². The minimum atomic E-state index is -0.289. The van der Waals surface area contributed by atoms with Gasteiger partial charge in [0.2, 0.25) is 11.7 Å². The van der Waals surface area contributed by atoms with Crippen LogP contribution in [0.3, 0.4) is 0 Å². The van der Waals surface area contributed by atoms with Gasteiger partial charge < -0.3 is 15.2 Å². The Morgan fingerprint density at radius 2 is 2.30 bits per heavy atom. The molecule has 0 saturated heterocycles. The number of fused-ring (bicyclic) bond motifs is 1. The molecule has 0 bridgehead atoms. The average molecular weight is 388 g/mol. The number of benzene rings is 1. The largest absolute Gasteiger partial charge is 0.337 e. The molecule has 1 aliphatic heterocycles. The van der Waals surface area contributed by atoms with Gasteiger partial charge in [-0.2, -0.15) is 10.1 Å². The number of aromatic nitrogens is 5. The number of nitrogens with zero attached hydrogens (tertiary/aromatic N) is 5. The zero-order valence-electron chi connectivity index (χ0n) is 14.6. The molecule has 2 amide bonds. The van der Waals surface area contributed by atoms with Crippen LogP contribution in [0.5, 0.6) is 0 Å². The highest BCUT2D eigenvalue weighted by atomic mass is 35.5. The minimum Gasteiger partial charge on any atom is -0.337 e. The third-order valence-corrected chi connectivity index (χ3v) is 4.49. The SMILES string of the molecule is Cc1nc2n(n1)CC(NC(=O)NCc1nc(-c3cccc(Cl)c3)no1)CC2. The summed E-state index contributed by atoms with van der Waals surface area (Å²) >= 11 is 5.97. The zero-order valence-corrected chi connectivity index (χ0v) is 15.4. The van der Waals surface area contributed by atoms with Crippen LogP contribution < -0.4 is 10.6 Å². The molecule has 0 radical (unpaired) electrons. The Morgan fingerprint density at radius 1 is 1.41 bits per heavy atom. The van der Waals surface area contributed by atoms with Crippen LogP contribution in [0.2, 0.25) is 5.02 Å². The van der Waals surface area contributed by atoms with Crippen LogP contribution in [0.25, 0.3) is 11.4 Å². The quantitative estimate of drug-likeness (QED) is 0.709. The molecule has 0 fully saturated rings. The summed E-state index contributed by atoms with van der Waals surface area (Å²) in [6.45, 7) is 2.62. The van der Waals surface area contributed by atoms with Crippen molar-refractivity contribution in [2.45, 2.75) is 38.9 Å². The van der Waals surface area contributed by atoms with E-state index in [1.165, 1.54) is 0 Å². The molecule has 0 saturated carbocycles. The highest BCUT2D eigenvalue weighted by Gasteiger charge is 2.22. The van der Waals surface area contributed by atoms with E-state index in [0.717, 1.165) is 30.1 Å². The van der Waals surface area contributed by atoms with Gasteiger partial charge in [0.1, 0.15) is 11.6 Å². The first-order chi connectivity index (χ1) is 13.1. The van der Waals surface area contributed by atoms with E-state index in [1.54, 1.807) is 12.1 Å². The monoisotopic (exact) mass is 387 g/mol. The minimum absolute atomic E-state index is 0.00306. The first-order valence-corrected chi connectivity index (χ1v) is 8.98. The first-order valence-electron chi connectivity index (χ1n) is 8.60. The van der Waals surface area contributed by atoms with Gasteiger partial charge in [0.25, 0.3) is 0 Å². The van der Waals surface area contributed by atoms with Gasteiger partial charge in [0.15, 0.2) is 0 Å². The normalized spacial score (nSPS) is 16.0. The maximum absolute atomic E-state index is 12.1. The molecule has 2 aromatic heterocycles. The fourth-order valence-corrected chi connectivity index (χ4v) is 3.21. The van der Waals surface area contributed by atoms with Crippen LogP contribution in [0.15, 0.2) is 28.8 Å². The molecule has 27 heavy (non-hydrogen) atoms. The molecule has 1 aliphatic rings. The number of nitrogens with one attached hydrogen (secondary N) is 2. The number of amides is 2. The maximum Gasteiger partial charge on any atom is 0.315 e. The number of carbonyl (C=O) groups is 1. The lowest BCUT2D eigenvalue weighted by Crippen LogP contribution is -2.45. The number of urea groups is 1. The van der Waals surface area contributed by atoms with E-state index in [9.17, 15) is 4.79 Å². The van der Waals surface area contributed by atoms with Crippen LogP contribution >= 0.6 is 11.6 Å². The summed E-state index contributed by atoms with van der Waals surface area (Å²) in [4.78, 5) is 20.8. The van der Waals surface area contributed by atoms with Gasteiger partial charge in [-0.1, -0.05) is 28.9 Å². The third-order valence-electron chi connectivity index (χ3n) is 4.25. The van der Waals surface area contributed by atoms with Gasteiger partial charge >= 0.3 is 6.03 Å². The Balaban J connectivity index is 1.30. The van der Waals surface area contributed by atoms with Crippen molar-refractivity contribution in [2.75, 3.05) is 0 Å². The summed E-state index contributed by atoms with van der Waals surface area (Å²) in [5, 5.41) is 14.5. The Bertz CT molecular complexity index is 968. The lowest BCUT2D eigenvalue weighted by Gasteiger charge is -2.23. The summed E-state index contributed by atoms with van der Waals surface area (Å²) in [5.74, 6) is 2.46. The van der Waals surface area contributed by atoms with E-state index in [1.807, 2.05) is 23.7 Å². The molecule has 1 atom stereocenters. The predicted octanol–water partition coefficient (Wildman–Crippen LogP) is 2.10. The molecule has 3 heterocycles. The van der Waals surface area contributed by atoms with E-state index >= 15 is 0 Å². The van der Waals surface area contributed by atoms with Gasteiger partial charge in [-0.05, 0) is 25.5 Å². The molecular formula is C17H18ClN7O2. The summed E-state index contributed by atoms with van der Waals surface area (Å²) < 4.78 is 7.03. The maximum atomic E-state index is 12.1. The van der Waals surface area contributed by atoms with Gasteiger partial charge in [-0.25, -0.2) is 14.5 Å². The number of hydrogen-bond donors (Lipinski definition) is 2. The van der Waals surface area contributed by atoms with Crippen molar-refractivity contribution in [1.29, 1.82) is 0 Å². The van der Waals surface area contributed by atoms with Crippen LogP contribution in [0.4, 0.5) is 4.79 Å². The number of rotatable bonds is 4. The second-order valence-electron chi connectivity index (χ2n) is 6.34. The van der Waals surface area contributed by atoms with Crippen molar-refractivity contribution in [3.8, 4) is 11.4 Å². The van der Waals surface area contributed by atoms with Crippen molar-refractivity contribution >= 4 is 17.6 Å². The standard InChI is InChI=1S/C17H18ClN7O2/c1-10-20-14-6-5-13(9-25(14)23-10)21-17(26)19-8-15-22-16(24-27-15)11-3-2-4-12(18)7-11/h2-4,7,13H,5-6,8-9H2,1H3,(H2,19,21,26). The molecule has 4 rings (SSSR count). The first kappa shape index (κ1) is 17.5. The van der Waals surface area contributed by atoms with Crippen molar-refractivity contribution < 1.29 is 9.32 Å². The molecule has 0 spiro atoms. The molecule has 1 unspecified atom stereocenters. The van der Waals surface area contributed by atoms with Gasteiger partial charge in [-0.3, -0.25) is 0 Å². The van der Waals surface area contributed by atoms with E-state index in [0.29, 0.717) is 23.3 Å². The number of carbonyl (C=O) groups excluding carboxylic acids is 1. The predicted molar refractivity (Wildman–Crippen MR) is 97.0 cm³/mol. The van der Waals surface area contributed by atoms with Gasteiger partial charge in [0, 0.05) is 17.0 Å². The molecule has 0 aliphatic carbocycles. The van der Waals surface area contributed by atoms with Crippen molar-refractivity contribution in [2.24, 2.45) is 0 Å². The smallest absolute Gasteiger partial charge is 0.315 e. The Kier molecular flexibility index (Phi) is 4.76. The third kappa shape index (κ3) is 4.08. The van der Waals surface area contributed by atoms with Gasteiger partial charge in [0.05, 0.1) is 19.1 Å². The molecule has 140 valence electrons. The van der Waals surface area contributed by atoms with E-state index in [-0.39, 0.29) is 18.6 Å². The summed E-state index contributed by atoms with van der Waals surface area (Å²) in [6, 6.07) is 6.88. The lowest BCUT2D eigenvalue weighted by atomic mass is 10.1. The second-order valence-corrected chi connectivity index (χ2v) is 6.78. The average Bonchev–Trinajstić information content (AvgIpc) is 3.25. The molecule has 9 nitrogen and oxygen atoms in total. The topological polar surface area (TPSA) is 111 Å². The Hall–Kier alpha value is -2.94. The molecule has 3 aromatic rings. The zero-order chi connectivity index (χ0) is 18.8. The van der Waals surface area contributed by atoms with E-state index < -0.39 is 0 Å². The van der Waals surface area contributed by atoms with E-state index in [2.05, 4.69) is 30.9 Å². The number of aryl methyl sites for hydroxylation is 2. The Labute approximate surface area is 160 Å². The molecule has 10 heteroatoms. The summed E-state index contributed by atoms with van der Waals surface area (Å²) in [7, 11) is 0. The fraction of sp³-hybridized carbons (Fsp3) is 0.353. The highest BCUT2D eigenvalue weighted by molar-refractivity contribution is 6.30. The summed E-state index contributed by atoms with van der Waals surface area (Å²) in [5.41, 5.74) is 0.753. The van der Waals surface area contributed by atoms with Gasteiger partial charge in [-0.15, -0.1) is 0 Å². The lowest BCUT2D eigenvalue weighted by molar-refractivity contribution is 0.229. The van der Waals surface area contributed by atoms with E-state index in [4.69, 9.17) is 16.1 Å². The van der Waals surface area contributed by atoms with Crippen molar-refractivity contribution in [3.05, 3.63) is 46.8 Å². The number of hydrogen-bond acceptors (Lipinski definition) is 6. The highest BCUT2D eigenvalue weighted by Crippen LogP contribution is 2.19. The van der Waals surface area contributed by atoms with Crippen LogP contribution in [0.1, 0.15) is 24.0 Å². The fourth-order valence-electron chi connectivity index (χ4n) is 3.02. The van der Waals surface area contributed by atoms with Crippen molar-refractivity contribution in [1.82, 2.24) is 35.5 Å². The molecule has 1 aromatic carbocycles. The number of halogens is 1. The second kappa shape index (κ2) is 7.36. The van der Waals surface area contributed by atoms with Crippen LogP contribution in [-0.4, -0.2) is 37.0 Å². The Morgan fingerprint density at radius 3 is 3.15 bits per heavy atom. The van der Waals surface area contributed by atoms with Crippen LogP contribution in [-0.2, 0) is 19.5 Å². The van der Waals surface area contributed by atoms with Crippen LogP contribution in [0, 0.1) is 6.92 Å². The molecular weight excluding hydrogens is 370 g/mol. The molecule has 2 N–H and O–H groups in total. The summed E-state index contributed by atoms with van der Waals surface area (Å²) in [6.07, 6.45) is 1.61.